The lowest BCUT2D eigenvalue weighted by Gasteiger charge is -2.22. The van der Waals surface area contributed by atoms with Gasteiger partial charge in [0.2, 0.25) is 15.9 Å². The van der Waals surface area contributed by atoms with Gasteiger partial charge in [-0.1, -0.05) is 18.2 Å². The third-order valence-corrected chi connectivity index (χ3v) is 4.90. The van der Waals surface area contributed by atoms with E-state index in [1.165, 1.54) is 18.2 Å². The number of anilines is 2. The molecule has 0 aliphatic heterocycles. The molecule has 0 bridgehead atoms. The highest BCUT2D eigenvalue weighted by molar-refractivity contribution is 7.92. The van der Waals surface area contributed by atoms with E-state index in [2.05, 4.69) is 5.32 Å². The molecule has 27 heavy (non-hydrogen) atoms. The number of sulfonamides is 1. The Bertz CT molecular complexity index is 887. The molecule has 0 atom stereocenters. The Labute approximate surface area is 159 Å². The van der Waals surface area contributed by atoms with Crippen molar-refractivity contribution in [2.75, 3.05) is 29.0 Å². The number of halogens is 1. The van der Waals surface area contributed by atoms with E-state index in [4.69, 9.17) is 4.74 Å². The molecule has 0 spiro atoms. The van der Waals surface area contributed by atoms with Crippen LogP contribution in [0.2, 0.25) is 0 Å². The molecular formula is C19H23FN2O4S. The van der Waals surface area contributed by atoms with E-state index in [0.717, 1.165) is 10.6 Å². The Morgan fingerprint density at radius 3 is 2.59 bits per heavy atom. The molecule has 0 unspecified atom stereocenters. The van der Waals surface area contributed by atoms with Crippen molar-refractivity contribution in [1.82, 2.24) is 0 Å². The largest absolute Gasteiger partial charge is 0.494 e. The quantitative estimate of drug-likeness (QED) is 0.707. The highest BCUT2D eigenvalue weighted by atomic mass is 32.2. The van der Waals surface area contributed by atoms with Crippen molar-refractivity contribution in [1.29, 1.82) is 0 Å². The lowest BCUT2D eigenvalue weighted by atomic mass is 10.2. The first-order valence-corrected chi connectivity index (χ1v) is 10.4. The fourth-order valence-corrected chi connectivity index (χ4v) is 3.52. The van der Waals surface area contributed by atoms with Crippen molar-refractivity contribution in [3.05, 3.63) is 54.3 Å². The molecule has 2 aromatic carbocycles. The number of hydrogen-bond donors (Lipinski definition) is 1. The summed E-state index contributed by atoms with van der Waals surface area (Å²) in [6.45, 7) is 2.40. The molecule has 0 radical (unpaired) electrons. The Morgan fingerprint density at radius 2 is 1.93 bits per heavy atom. The summed E-state index contributed by atoms with van der Waals surface area (Å²) in [7, 11) is -3.66. The molecule has 0 saturated heterocycles. The van der Waals surface area contributed by atoms with Gasteiger partial charge in [0.15, 0.2) is 0 Å². The molecule has 8 heteroatoms. The van der Waals surface area contributed by atoms with Crippen molar-refractivity contribution in [3.63, 3.8) is 0 Å². The van der Waals surface area contributed by atoms with Gasteiger partial charge in [-0.15, -0.1) is 0 Å². The number of nitrogens with one attached hydrogen (secondary N) is 1. The van der Waals surface area contributed by atoms with Gasteiger partial charge in [-0.05, 0) is 37.6 Å². The first-order chi connectivity index (χ1) is 12.8. The summed E-state index contributed by atoms with van der Waals surface area (Å²) in [5, 5.41) is 2.74. The van der Waals surface area contributed by atoms with Gasteiger partial charge in [0, 0.05) is 24.7 Å². The summed E-state index contributed by atoms with van der Waals surface area (Å²) in [5.41, 5.74) is 0.574. The van der Waals surface area contributed by atoms with Gasteiger partial charge in [0.1, 0.15) is 11.6 Å². The number of ether oxygens (including phenoxy) is 1. The van der Waals surface area contributed by atoms with Crippen molar-refractivity contribution >= 4 is 27.3 Å². The normalized spacial score (nSPS) is 11.1. The molecule has 0 aromatic heterocycles. The average Bonchev–Trinajstić information content (AvgIpc) is 2.59. The molecule has 0 aliphatic rings. The number of hydrogen-bond acceptors (Lipinski definition) is 4. The van der Waals surface area contributed by atoms with Crippen molar-refractivity contribution in [2.45, 2.75) is 19.8 Å². The Hall–Kier alpha value is -2.61. The van der Waals surface area contributed by atoms with Crippen LogP contribution in [-0.2, 0) is 14.8 Å². The SMILES string of the molecule is CCOc1cccc(NC(=O)CCCN(c2ccccc2F)S(C)(=O)=O)c1. The number of rotatable bonds is 9. The molecule has 0 heterocycles. The average molecular weight is 394 g/mol. The predicted octanol–water partition coefficient (Wildman–Crippen LogP) is 3.41. The van der Waals surface area contributed by atoms with Gasteiger partial charge in [0.05, 0.1) is 18.6 Å². The van der Waals surface area contributed by atoms with Gasteiger partial charge in [-0.2, -0.15) is 0 Å². The molecule has 1 amide bonds. The number of benzene rings is 2. The topological polar surface area (TPSA) is 75.7 Å². The lowest BCUT2D eigenvalue weighted by molar-refractivity contribution is -0.116. The summed E-state index contributed by atoms with van der Waals surface area (Å²) in [5.74, 6) is -0.233. The standard InChI is InChI=1S/C19H23FN2O4S/c1-3-26-16-9-6-8-15(14-16)21-19(23)12-7-13-22(27(2,24)25)18-11-5-4-10-17(18)20/h4-6,8-11,14H,3,7,12-13H2,1-2H3,(H,21,23). The van der Waals surface area contributed by atoms with E-state index < -0.39 is 15.8 Å². The minimum absolute atomic E-state index is 0.00612. The van der Waals surface area contributed by atoms with E-state index in [9.17, 15) is 17.6 Å². The van der Waals surface area contributed by atoms with Crippen LogP contribution in [0.4, 0.5) is 15.8 Å². The van der Waals surface area contributed by atoms with Crippen LogP contribution < -0.4 is 14.4 Å². The van der Waals surface area contributed by atoms with E-state index in [0.29, 0.717) is 18.0 Å². The maximum absolute atomic E-state index is 13.9. The van der Waals surface area contributed by atoms with Crippen LogP contribution >= 0.6 is 0 Å². The van der Waals surface area contributed by atoms with E-state index >= 15 is 0 Å². The third-order valence-electron chi connectivity index (χ3n) is 3.72. The smallest absolute Gasteiger partial charge is 0.232 e. The summed E-state index contributed by atoms with van der Waals surface area (Å²) in [6, 6.07) is 12.7. The third kappa shape index (κ3) is 6.25. The number of amides is 1. The summed E-state index contributed by atoms with van der Waals surface area (Å²) in [6.07, 6.45) is 1.36. The number of para-hydroxylation sites is 1. The zero-order chi connectivity index (χ0) is 19.9. The fraction of sp³-hybridized carbons (Fsp3) is 0.316. The molecule has 0 aliphatic carbocycles. The maximum Gasteiger partial charge on any atom is 0.232 e. The van der Waals surface area contributed by atoms with Gasteiger partial charge < -0.3 is 10.1 Å². The first-order valence-electron chi connectivity index (χ1n) is 8.56. The maximum atomic E-state index is 13.9. The zero-order valence-electron chi connectivity index (χ0n) is 15.3. The number of carbonyl (C=O) groups is 1. The lowest BCUT2D eigenvalue weighted by Crippen LogP contribution is -2.32. The Balaban J connectivity index is 1.96. The summed E-state index contributed by atoms with van der Waals surface area (Å²) >= 11 is 0. The second-order valence-corrected chi connectivity index (χ2v) is 7.81. The minimum Gasteiger partial charge on any atom is -0.494 e. The Kier molecular flexibility index (Phi) is 7.18. The number of carbonyl (C=O) groups excluding carboxylic acids is 1. The van der Waals surface area contributed by atoms with Crippen LogP contribution in [-0.4, -0.2) is 33.7 Å². The van der Waals surface area contributed by atoms with Crippen molar-refractivity contribution < 1.29 is 22.3 Å². The second kappa shape index (κ2) is 9.36. The van der Waals surface area contributed by atoms with Crippen LogP contribution in [0.1, 0.15) is 19.8 Å². The first kappa shape index (κ1) is 20.7. The fourth-order valence-electron chi connectivity index (χ4n) is 2.56. The highest BCUT2D eigenvalue weighted by Gasteiger charge is 2.20. The predicted molar refractivity (Wildman–Crippen MR) is 104 cm³/mol. The molecular weight excluding hydrogens is 371 g/mol. The van der Waals surface area contributed by atoms with Crippen LogP contribution in [0.3, 0.4) is 0 Å². The zero-order valence-corrected chi connectivity index (χ0v) is 16.1. The highest BCUT2D eigenvalue weighted by Crippen LogP contribution is 2.22. The monoisotopic (exact) mass is 394 g/mol. The summed E-state index contributed by atoms with van der Waals surface area (Å²) in [4.78, 5) is 12.1. The van der Waals surface area contributed by atoms with Gasteiger partial charge in [-0.3, -0.25) is 9.10 Å². The molecule has 6 nitrogen and oxygen atoms in total. The van der Waals surface area contributed by atoms with Gasteiger partial charge in [-0.25, -0.2) is 12.8 Å². The van der Waals surface area contributed by atoms with Crippen molar-refractivity contribution in [3.8, 4) is 5.75 Å². The molecule has 2 aromatic rings. The van der Waals surface area contributed by atoms with Crippen LogP contribution in [0, 0.1) is 5.82 Å². The molecule has 0 saturated carbocycles. The van der Waals surface area contributed by atoms with Gasteiger partial charge >= 0.3 is 0 Å². The Morgan fingerprint density at radius 1 is 1.19 bits per heavy atom. The molecule has 0 fully saturated rings. The van der Waals surface area contributed by atoms with Crippen LogP contribution in [0.5, 0.6) is 5.75 Å². The molecule has 1 N–H and O–H groups in total. The molecule has 2 rings (SSSR count). The van der Waals surface area contributed by atoms with E-state index in [-0.39, 0.29) is 31.0 Å². The minimum atomic E-state index is -3.66. The summed E-state index contributed by atoms with van der Waals surface area (Å²) < 4.78 is 44.3. The van der Waals surface area contributed by atoms with Gasteiger partial charge in [0.25, 0.3) is 0 Å². The van der Waals surface area contributed by atoms with E-state index in [1.54, 1.807) is 30.3 Å². The van der Waals surface area contributed by atoms with E-state index in [1.807, 2.05) is 6.92 Å². The van der Waals surface area contributed by atoms with Crippen molar-refractivity contribution in [2.24, 2.45) is 0 Å². The second-order valence-electron chi connectivity index (χ2n) is 5.90. The van der Waals surface area contributed by atoms with Crippen LogP contribution in [0.25, 0.3) is 0 Å². The van der Waals surface area contributed by atoms with Crippen LogP contribution in [0.15, 0.2) is 48.5 Å². The molecule has 146 valence electrons. The number of nitrogens with zero attached hydrogens (tertiary/aromatic N) is 1.